The molecule has 0 unspecified atom stereocenters. The number of anilines is 1. The van der Waals surface area contributed by atoms with E-state index in [0.717, 1.165) is 34.4 Å². The molecule has 2 rings (SSSR count). The summed E-state index contributed by atoms with van der Waals surface area (Å²) in [6, 6.07) is 8.03. The van der Waals surface area contributed by atoms with Gasteiger partial charge in [-0.05, 0) is 43.7 Å². The van der Waals surface area contributed by atoms with E-state index in [-0.39, 0.29) is 13.0 Å². The minimum atomic E-state index is -0.804. The topological polar surface area (TPSA) is 94.3 Å². The quantitative estimate of drug-likeness (QED) is 0.512. The van der Waals surface area contributed by atoms with Crippen LogP contribution in [0.15, 0.2) is 24.3 Å². The van der Waals surface area contributed by atoms with Crippen molar-refractivity contribution in [3.63, 3.8) is 0 Å². The molecule has 29 heavy (non-hydrogen) atoms. The van der Waals surface area contributed by atoms with Crippen molar-refractivity contribution in [3.8, 4) is 11.1 Å². The zero-order chi connectivity index (χ0) is 21.6. The van der Waals surface area contributed by atoms with E-state index < -0.39 is 12.1 Å². The van der Waals surface area contributed by atoms with Gasteiger partial charge in [0.25, 0.3) is 0 Å². The van der Waals surface area contributed by atoms with Crippen LogP contribution in [-0.4, -0.2) is 17.0 Å². The maximum Gasteiger partial charge on any atom is 0.419 e. The van der Waals surface area contributed by atoms with Crippen molar-refractivity contribution < 1.29 is 14.3 Å². The summed E-state index contributed by atoms with van der Waals surface area (Å²) in [5, 5.41) is 2.74. The third kappa shape index (κ3) is 5.87. The molecular weight excluding hydrogens is 366 g/mol. The van der Waals surface area contributed by atoms with E-state index in [4.69, 9.17) is 15.5 Å². The summed E-state index contributed by atoms with van der Waals surface area (Å²) in [6.07, 6.45) is 0.784. The number of hydrogen-bond acceptors (Lipinski definition) is 5. The fraction of sp³-hybridized carbons (Fsp3) is 0.435. The van der Waals surface area contributed by atoms with Gasteiger partial charge in [0.15, 0.2) is 0 Å². The summed E-state index contributed by atoms with van der Waals surface area (Å²) in [4.78, 5) is 28.8. The molecule has 156 valence electrons. The number of carbonyl (C=O) groups excluding carboxylic acids is 2. The van der Waals surface area contributed by atoms with E-state index >= 15 is 0 Å². The predicted molar refractivity (Wildman–Crippen MR) is 116 cm³/mol. The summed E-state index contributed by atoms with van der Waals surface area (Å²) in [6.45, 7) is 10.3. The Labute approximate surface area is 172 Å². The lowest BCUT2D eigenvalue weighted by molar-refractivity contribution is -0.136. The number of carbonyl (C=O) groups is 2. The Morgan fingerprint density at radius 1 is 1.17 bits per heavy atom. The molecule has 0 radical (unpaired) electrons. The van der Waals surface area contributed by atoms with Gasteiger partial charge < -0.3 is 10.5 Å². The summed E-state index contributed by atoms with van der Waals surface area (Å²) >= 11 is 0. The van der Waals surface area contributed by atoms with E-state index in [9.17, 15) is 9.59 Å². The monoisotopic (exact) mass is 397 g/mol. The average molecular weight is 398 g/mol. The summed E-state index contributed by atoms with van der Waals surface area (Å²) < 4.78 is 4.88. The zero-order valence-corrected chi connectivity index (χ0v) is 18.0. The second-order valence-corrected chi connectivity index (χ2v) is 7.68. The molecule has 0 spiro atoms. The molecule has 1 heterocycles. The molecule has 3 N–H and O–H groups in total. The first-order valence-corrected chi connectivity index (χ1v) is 10.1. The van der Waals surface area contributed by atoms with Crippen molar-refractivity contribution in [1.29, 1.82) is 0 Å². The van der Waals surface area contributed by atoms with Crippen LogP contribution in [0.1, 0.15) is 56.1 Å². The number of rotatable bonds is 7. The van der Waals surface area contributed by atoms with E-state index in [2.05, 4.69) is 19.2 Å². The van der Waals surface area contributed by atoms with Crippen molar-refractivity contribution in [2.45, 2.75) is 60.4 Å². The average Bonchev–Trinajstić information content (AvgIpc) is 2.64. The van der Waals surface area contributed by atoms with Crippen LogP contribution >= 0.6 is 0 Å². The summed E-state index contributed by atoms with van der Waals surface area (Å²) in [5.41, 5.74) is 12.0. The Bertz CT molecular complexity index is 874. The molecule has 0 aliphatic rings. The van der Waals surface area contributed by atoms with Gasteiger partial charge in [-0.15, -0.1) is 0 Å². The fourth-order valence-electron chi connectivity index (χ4n) is 3.26. The van der Waals surface area contributed by atoms with Gasteiger partial charge in [0.05, 0.1) is 11.4 Å². The Kier molecular flexibility index (Phi) is 7.91. The maximum atomic E-state index is 12.3. The van der Waals surface area contributed by atoms with Gasteiger partial charge in [-0.3, -0.25) is 15.1 Å². The number of hydrogen-bond donors (Lipinski definition) is 2. The number of aromatic nitrogens is 1. The first-order valence-electron chi connectivity index (χ1n) is 10.1. The van der Waals surface area contributed by atoms with E-state index in [0.29, 0.717) is 23.7 Å². The van der Waals surface area contributed by atoms with Crippen LogP contribution < -0.4 is 11.1 Å². The Morgan fingerprint density at radius 2 is 1.83 bits per heavy atom. The molecule has 1 aromatic carbocycles. The molecule has 0 aliphatic heterocycles. The van der Waals surface area contributed by atoms with Gasteiger partial charge in [0.2, 0.25) is 0 Å². The van der Waals surface area contributed by atoms with E-state index in [1.54, 1.807) is 0 Å². The third-order valence-electron chi connectivity index (χ3n) is 4.60. The van der Waals surface area contributed by atoms with Gasteiger partial charge in [-0.2, -0.15) is 0 Å². The van der Waals surface area contributed by atoms with Gasteiger partial charge in [-0.25, -0.2) is 4.79 Å². The number of esters is 1. The second-order valence-electron chi connectivity index (χ2n) is 7.68. The molecule has 1 aromatic heterocycles. The number of pyridine rings is 1. The largest absolute Gasteiger partial charge is 0.419 e. The highest BCUT2D eigenvalue weighted by Gasteiger charge is 2.22. The Morgan fingerprint density at radius 3 is 2.38 bits per heavy atom. The highest BCUT2D eigenvalue weighted by atomic mass is 16.6. The normalized spacial score (nSPS) is 10.9. The van der Waals surface area contributed by atoms with Crippen LogP contribution in [0.5, 0.6) is 0 Å². The predicted octanol–water partition coefficient (Wildman–Crippen LogP) is 4.90. The van der Waals surface area contributed by atoms with Gasteiger partial charge in [0.1, 0.15) is 0 Å². The van der Waals surface area contributed by atoms with Crippen molar-refractivity contribution >= 4 is 17.7 Å². The van der Waals surface area contributed by atoms with Crippen LogP contribution in [0.25, 0.3) is 11.1 Å². The van der Waals surface area contributed by atoms with Crippen molar-refractivity contribution in [2.75, 3.05) is 5.32 Å². The number of amides is 1. The highest BCUT2D eigenvalue weighted by molar-refractivity contribution is 5.98. The molecule has 0 fully saturated rings. The SMILES string of the molecule is CCCC(=O)OC(=O)Nc1c(C)nc(CC(C)C)c(CN)c1-c1ccc(C)cc1. The van der Waals surface area contributed by atoms with Crippen LogP contribution in [0.2, 0.25) is 0 Å². The lowest BCUT2D eigenvalue weighted by Crippen LogP contribution is -2.21. The first kappa shape index (κ1) is 22.6. The number of ether oxygens (including phenoxy) is 1. The number of nitrogens with zero attached hydrogens (tertiary/aromatic N) is 1. The van der Waals surface area contributed by atoms with Crippen LogP contribution in [0, 0.1) is 19.8 Å². The standard InChI is InChI=1S/C23H31N3O3/c1-6-7-20(27)29-23(28)26-22-16(5)25-19(12-14(2)3)18(13-24)21(22)17-10-8-15(4)9-11-17/h8-11,14H,6-7,12-13,24H2,1-5H3,(H,26,28). The number of nitrogens with two attached hydrogens (primary N) is 1. The number of nitrogens with one attached hydrogen (secondary N) is 1. The Hall–Kier alpha value is -2.73. The summed E-state index contributed by atoms with van der Waals surface area (Å²) in [5.74, 6) is -0.142. The van der Waals surface area contributed by atoms with Crippen LogP contribution in [-0.2, 0) is 22.5 Å². The molecule has 2 aromatic rings. The number of aryl methyl sites for hydroxylation is 2. The lowest BCUT2D eigenvalue weighted by Gasteiger charge is -2.21. The van der Waals surface area contributed by atoms with Gasteiger partial charge in [0, 0.05) is 24.2 Å². The van der Waals surface area contributed by atoms with Crippen molar-refractivity contribution in [1.82, 2.24) is 4.98 Å². The van der Waals surface area contributed by atoms with Crippen LogP contribution in [0.4, 0.5) is 10.5 Å². The smallest absolute Gasteiger partial charge is 0.376 e. The summed E-state index contributed by atoms with van der Waals surface area (Å²) in [7, 11) is 0. The minimum absolute atomic E-state index is 0.191. The Balaban J connectivity index is 2.57. The van der Waals surface area contributed by atoms with Crippen molar-refractivity contribution in [3.05, 3.63) is 46.8 Å². The second kappa shape index (κ2) is 10.2. The van der Waals surface area contributed by atoms with Gasteiger partial charge in [-0.1, -0.05) is 50.6 Å². The zero-order valence-electron chi connectivity index (χ0n) is 18.0. The van der Waals surface area contributed by atoms with E-state index in [1.807, 2.05) is 45.0 Å². The molecular formula is C23H31N3O3. The van der Waals surface area contributed by atoms with Gasteiger partial charge >= 0.3 is 12.1 Å². The fourth-order valence-corrected chi connectivity index (χ4v) is 3.26. The molecule has 0 bridgehead atoms. The molecule has 1 amide bonds. The number of benzene rings is 1. The molecule has 0 aliphatic carbocycles. The molecule has 0 saturated carbocycles. The molecule has 0 saturated heterocycles. The van der Waals surface area contributed by atoms with Crippen LogP contribution in [0.3, 0.4) is 0 Å². The van der Waals surface area contributed by atoms with E-state index in [1.165, 1.54) is 0 Å². The lowest BCUT2D eigenvalue weighted by atomic mass is 9.92. The molecule has 0 atom stereocenters. The molecule has 6 nitrogen and oxygen atoms in total. The molecule has 6 heteroatoms. The first-order chi connectivity index (χ1) is 13.8. The minimum Gasteiger partial charge on any atom is -0.376 e. The third-order valence-corrected chi connectivity index (χ3v) is 4.60. The highest BCUT2D eigenvalue weighted by Crippen LogP contribution is 2.36. The maximum absolute atomic E-state index is 12.3. The van der Waals surface area contributed by atoms with Crippen molar-refractivity contribution in [2.24, 2.45) is 11.7 Å².